The van der Waals surface area contributed by atoms with E-state index in [0.717, 1.165) is 19.4 Å². The zero-order chi connectivity index (χ0) is 19.6. The van der Waals surface area contributed by atoms with Crippen LogP contribution < -0.4 is 15.1 Å². The highest BCUT2D eigenvalue weighted by Crippen LogP contribution is 2.38. The number of carboxylic acids is 1. The Kier molecular flexibility index (Phi) is 6.18. The van der Waals surface area contributed by atoms with Crippen molar-refractivity contribution in [3.05, 3.63) is 23.3 Å². The van der Waals surface area contributed by atoms with Crippen molar-refractivity contribution in [1.29, 1.82) is 0 Å². The number of carboxylic acid groups (broad SMARTS) is 1. The lowest BCUT2D eigenvalue weighted by atomic mass is 9.77. The summed E-state index contributed by atoms with van der Waals surface area (Å²) in [5.74, 6) is -0.651. The van der Waals surface area contributed by atoms with E-state index >= 15 is 0 Å². The molecule has 1 amide bonds. The standard InChI is InChI=1S/C17H23BN2O6S/c1-25-12-5-4-10-7-13(18(24)26-16(10)15(12)17(22)23)27-9-14(21)20-6-2-3-11(20)8-19/h4-5,11,13,24H,2-3,6-9,19H2,1H3,(H,22,23). The Labute approximate surface area is 162 Å². The Hall–Kier alpha value is -1.91. The van der Waals surface area contributed by atoms with Crippen LogP contribution in [0.5, 0.6) is 11.5 Å². The maximum Gasteiger partial charge on any atom is 0.536 e. The summed E-state index contributed by atoms with van der Waals surface area (Å²) in [4.78, 5) is 25.8. The molecule has 0 aromatic heterocycles. The first-order valence-corrected chi connectivity index (χ1v) is 9.90. The highest BCUT2D eigenvalue weighted by atomic mass is 32.2. The third-order valence-electron chi connectivity index (χ3n) is 5.00. The molecule has 146 valence electrons. The fourth-order valence-electron chi connectivity index (χ4n) is 3.60. The zero-order valence-electron chi connectivity index (χ0n) is 15.1. The molecule has 1 saturated heterocycles. The number of thioether (sulfide) groups is 1. The molecule has 2 aliphatic rings. The highest BCUT2D eigenvalue weighted by Gasteiger charge is 2.39. The molecule has 3 rings (SSSR count). The molecule has 0 bridgehead atoms. The molecule has 4 N–H and O–H groups in total. The summed E-state index contributed by atoms with van der Waals surface area (Å²) in [6, 6.07) is 3.40. The normalized spacial score (nSPS) is 21.6. The number of nitrogens with zero attached hydrogens (tertiary/aromatic N) is 1. The molecule has 0 aliphatic carbocycles. The number of aromatic carboxylic acids is 1. The van der Waals surface area contributed by atoms with Crippen LogP contribution in [0.3, 0.4) is 0 Å². The molecule has 1 aromatic rings. The topological polar surface area (TPSA) is 122 Å². The first-order valence-electron chi connectivity index (χ1n) is 8.85. The molecule has 1 aromatic carbocycles. The lowest BCUT2D eigenvalue weighted by Gasteiger charge is -2.29. The summed E-state index contributed by atoms with van der Waals surface area (Å²) in [7, 11) is 0.175. The Morgan fingerprint density at radius 2 is 2.26 bits per heavy atom. The van der Waals surface area contributed by atoms with E-state index in [1.165, 1.54) is 18.9 Å². The van der Waals surface area contributed by atoms with Crippen molar-refractivity contribution in [2.45, 2.75) is 30.5 Å². The number of likely N-dealkylation sites (tertiary alicyclic amines) is 1. The van der Waals surface area contributed by atoms with Crippen molar-refractivity contribution < 1.29 is 29.1 Å². The van der Waals surface area contributed by atoms with Crippen molar-refractivity contribution in [2.24, 2.45) is 5.73 Å². The Bertz CT molecular complexity index is 734. The van der Waals surface area contributed by atoms with Gasteiger partial charge in [0.2, 0.25) is 5.91 Å². The lowest BCUT2D eigenvalue weighted by molar-refractivity contribution is -0.128. The van der Waals surface area contributed by atoms with Crippen LogP contribution >= 0.6 is 11.8 Å². The monoisotopic (exact) mass is 394 g/mol. The van der Waals surface area contributed by atoms with Crippen molar-refractivity contribution in [2.75, 3.05) is 26.0 Å². The molecule has 0 spiro atoms. The van der Waals surface area contributed by atoms with E-state index in [-0.39, 0.29) is 39.9 Å². The van der Waals surface area contributed by atoms with Crippen LogP contribution in [0.2, 0.25) is 0 Å². The van der Waals surface area contributed by atoms with E-state index in [9.17, 15) is 19.7 Å². The maximum atomic E-state index is 12.5. The van der Waals surface area contributed by atoms with E-state index in [0.29, 0.717) is 18.5 Å². The fraction of sp³-hybridized carbons (Fsp3) is 0.529. The van der Waals surface area contributed by atoms with Crippen LogP contribution in [0.15, 0.2) is 12.1 Å². The van der Waals surface area contributed by atoms with Gasteiger partial charge in [0.15, 0.2) is 0 Å². The summed E-state index contributed by atoms with van der Waals surface area (Å²) in [5, 5.41) is 19.4. The van der Waals surface area contributed by atoms with E-state index in [2.05, 4.69) is 0 Å². The smallest absolute Gasteiger partial charge is 0.534 e. The average Bonchev–Trinajstić information content (AvgIpc) is 3.13. The summed E-state index contributed by atoms with van der Waals surface area (Å²) in [5.41, 5.74) is 6.29. The van der Waals surface area contributed by atoms with Crippen molar-refractivity contribution in [3.8, 4) is 11.5 Å². The summed E-state index contributed by atoms with van der Waals surface area (Å²) < 4.78 is 10.6. The number of carbonyl (C=O) groups is 2. The van der Waals surface area contributed by atoms with Crippen LogP contribution in [0.1, 0.15) is 28.8 Å². The number of benzene rings is 1. The average molecular weight is 394 g/mol. The van der Waals surface area contributed by atoms with E-state index < -0.39 is 13.1 Å². The molecule has 8 nitrogen and oxygen atoms in total. The molecule has 2 unspecified atom stereocenters. The summed E-state index contributed by atoms with van der Waals surface area (Å²) in [6.45, 7) is 1.17. The van der Waals surface area contributed by atoms with Gasteiger partial charge in [0, 0.05) is 19.1 Å². The minimum Gasteiger partial charge on any atom is -0.534 e. The molecule has 2 aliphatic heterocycles. The van der Waals surface area contributed by atoms with Crippen LogP contribution in [0.25, 0.3) is 0 Å². The van der Waals surface area contributed by atoms with E-state index in [1.54, 1.807) is 12.1 Å². The lowest BCUT2D eigenvalue weighted by Crippen LogP contribution is -2.44. The van der Waals surface area contributed by atoms with E-state index in [4.69, 9.17) is 15.1 Å². The second kappa shape index (κ2) is 8.41. The first kappa shape index (κ1) is 19.8. The predicted molar refractivity (Wildman–Crippen MR) is 102 cm³/mol. The maximum absolute atomic E-state index is 12.5. The van der Waals surface area contributed by atoms with Crippen molar-refractivity contribution >= 4 is 30.8 Å². The molecular weight excluding hydrogens is 371 g/mol. The Balaban J connectivity index is 1.69. The number of methoxy groups -OCH3 is 1. The minimum absolute atomic E-state index is 0.00639. The number of hydrogen-bond donors (Lipinski definition) is 3. The second-order valence-corrected chi connectivity index (χ2v) is 7.84. The quantitative estimate of drug-likeness (QED) is 0.593. The van der Waals surface area contributed by atoms with Gasteiger partial charge in [-0.15, -0.1) is 11.8 Å². The van der Waals surface area contributed by atoms with Gasteiger partial charge < -0.3 is 30.2 Å². The molecule has 0 saturated carbocycles. The molecular formula is C17H23BN2O6S. The van der Waals surface area contributed by atoms with Gasteiger partial charge in [-0.3, -0.25) is 4.79 Å². The van der Waals surface area contributed by atoms with Crippen LogP contribution in [-0.2, 0) is 11.2 Å². The van der Waals surface area contributed by atoms with E-state index in [1.807, 2.05) is 4.90 Å². The van der Waals surface area contributed by atoms with Gasteiger partial charge >= 0.3 is 13.1 Å². The van der Waals surface area contributed by atoms with Gasteiger partial charge in [0.05, 0.1) is 18.0 Å². The van der Waals surface area contributed by atoms with Gasteiger partial charge in [-0.1, -0.05) is 6.07 Å². The largest absolute Gasteiger partial charge is 0.536 e. The molecule has 27 heavy (non-hydrogen) atoms. The van der Waals surface area contributed by atoms with Gasteiger partial charge in [-0.05, 0) is 30.9 Å². The van der Waals surface area contributed by atoms with Gasteiger partial charge in [0.25, 0.3) is 0 Å². The second-order valence-electron chi connectivity index (χ2n) is 6.62. The minimum atomic E-state index is -1.20. The molecule has 10 heteroatoms. The number of fused-ring (bicyclic) bond motifs is 1. The van der Waals surface area contributed by atoms with Gasteiger partial charge in [0.1, 0.15) is 17.1 Å². The number of carbonyl (C=O) groups excluding carboxylic acids is 1. The fourth-order valence-corrected chi connectivity index (χ4v) is 4.64. The van der Waals surface area contributed by atoms with Crippen LogP contribution in [-0.4, -0.2) is 71.2 Å². The van der Waals surface area contributed by atoms with Crippen LogP contribution in [0.4, 0.5) is 0 Å². The third-order valence-corrected chi connectivity index (χ3v) is 6.24. The Morgan fingerprint density at radius 3 is 2.93 bits per heavy atom. The SMILES string of the molecule is COc1ccc2c(c1C(=O)O)OB(O)C(SCC(=O)N1CCCC1CN)C2. The van der Waals surface area contributed by atoms with Gasteiger partial charge in [-0.25, -0.2) is 4.79 Å². The molecule has 2 atom stereocenters. The zero-order valence-corrected chi connectivity index (χ0v) is 15.9. The number of nitrogens with two attached hydrogens (primary N) is 1. The third kappa shape index (κ3) is 4.02. The number of amides is 1. The van der Waals surface area contributed by atoms with Gasteiger partial charge in [-0.2, -0.15) is 0 Å². The number of rotatable bonds is 6. The Morgan fingerprint density at radius 1 is 1.48 bits per heavy atom. The summed E-state index contributed by atoms with van der Waals surface area (Å²) >= 11 is 1.32. The molecule has 2 heterocycles. The highest BCUT2D eigenvalue weighted by molar-refractivity contribution is 8.01. The summed E-state index contributed by atoms with van der Waals surface area (Å²) in [6.07, 6.45) is 2.29. The molecule has 0 radical (unpaired) electrons. The van der Waals surface area contributed by atoms with Crippen molar-refractivity contribution in [3.63, 3.8) is 0 Å². The molecule has 1 fully saturated rings. The first-order chi connectivity index (χ1) is 13.0. The van der Waals surface area contributed by atoms with Crippen molar-refractivity contribution in [1.82, 2.24) is 4.90 Å². The number of hydrogen-bond acceptors (Lipinski definition) is 7. The predicted octanol–water partition coefficient (Wildman–Crippen LogP) is 0.400. The van der Waals surface area contributed by atoms with Crippen LogP contribution in [0, 0.1) is 0 Å². The number of ether oxygens (including phenoxy) is 1.